The standard InChI is InChI=1S/C8H14N2O4S/c1-6(11)4-10-5-7-2-3-8(14-7)15(9,12)13/h2-3,6,10-11H,4-5H2,1H3,(H2,9,12,13). The number of nitrogens with one attached hydrogen (secondary N) is 1. The number of hydrogen-bond donors (Lipinski definition) is 3. The number of primary sulfonamides is 1. The molecule has 0 aliphatic rings. The Morgan fingerprint density at radius 2 is 2.27 bits per heavy atom. The molecule has 0 radical (unpaired) electrons. The van der Waals surface area contributed by atoms with Crippen LogP contribution in [-0.2, 0) is 16.6 Å². The second kappa shape index (κ2) is 4.75. The van der Waals surface area contributed by atoms with E-state index >= 15 is 0 Å². The Hall–Kier alpha value is -0.890. The van der Waals surface area contributed by atoms with Gasteiger partial charge in [-0.25, -0.2) is 13.6 Å². The molecule has 1 aromatic heterocycles. The highest BCUT2D eigenvalue weighted by Gasteiger charge is 2.12. The molecule has 7 heteroatoms. The molecule has 1 atom stereocenters. The van der Waals surface area contributed by atoms with Crippen molar-refractivity contribution in [3.63, 3.8) is 0 Å². The first-order valence-corrected chi connectivity index (χ1v) is 5.94. The average molecular weight is 234 g/mol. The fourth-order valence-corrected chi connectivity index (χ4v) is 1.49. The lowest BCUT2D eigenvalue weighted by Gasteiger charge is -2.04. The third kappa shape index (κ3) is 4.00. The summed E-state index contributed by atoms with van der Waals surface area (Å²) in [5.74, 6) is 0.458. The van der Waals surface area contributed by atoms with Crippen LogP contribution in [0.25, 0.3) is 0 Å². The molecule has 0 aliphatic heterocycles. The Bertz CT molecular complexity index is 410. The minimum atomic E-state index is -3.77. The zero-order valence-corrected chi connectivity index (χ0v) is 9.12. The molecule has 4 N–H and O–H groups in total. The van der Waals surface area contributed by atoms with Gasteiger partial charge < -0.3 is 14.8 Å². The molecule has 1 aromatic rings. The first-order valence-electron chi connectivity index (χ1n) is 4.40. The van der Waals surface area contributed by atoms with Gasteiger partial charge in [-0.3, -0.25) is 0 Å². The van der Waals surface area contributed by atoms with E-state index in [1.165, 1.54) is 12.1 Å². The zero-order chi connectivity index (χ0) is 11.5. The molecule has 0 amide bonds. The predicted molar refractivity (Wildman–Crippen MR) is 53.5 cm³/mol. The summed E-state index contributed by atoms with van der Waals surface area (Å²) in [7, 11) is -3.77. The zero-order valence-electron chi connectivity index (χ0n) is 8.30. The van der Waals surface area contributed by atoms with E-state index in [-0.39, 0.29) is 5.09 Å². The van der Waals surface area contributed by atoms with Crippen LogP contribution in [0.15, 0.2) is 21.6 Å². The van der Waals surface area contributed by atoms with Gasteiger partial charge in [0.15, 0.2) is 0 Å². The van der Waals surface area contributed by atoms with Gasteiger partial charge in [-0.1, -0.05) is 0 Å². The Morgan fingerprint density at radius 1 is 1.60 bits per heavy atom. The van der Waals surface area contributed by atoms with Gasteiger partial charge in [0.1, 0.15) is 5.76 Å². The Balaban J connectivity index is 2.54. The molecule has 0 saturated heterocycles. The van der Waals surface area contributed by atoms with Crippen LogP contribution >= 0.6 is 0 Å². The molecule has 1 unspecified atom stereocenters. The second-order valence-electron chi connectivity index (χ2n) is 3.25. The third-order valence-electron chi connectivity index (χ3n) is 1.66. The fraction of sp³-hybridized carbons (Fsp3) is 0.500. The third-order valence-corrected chi connectivity index (χ3v) is 2.44. The smallest absolute Gasteiger partial charge is 0.271 e. The molecule has 1 heterocycles. The Labute approximate surface area is 88.1 Å². The number of rotatable bonds is 5. The van der Waals surface area contributed by atoms with Crippen LogP contribution in [0.5, 0.6) is 0 Å². The van der Waals surface area contributed by atoms with Crippen molar-refractivity contribution in [1.29, 1.82) is 0 Å². The van der Waals surface area contributed by atoms with Crippen LogP contribution < -0.4 is 10.5 Å². The lowest BCUT2D eigenvalue weighted by molar-refractivity contribution is 0.189. The van der Waals surface area contributed by atoms with Crippen molar-refractivity contribution in [2.24, 2.45) is 5.14 Å². The first kappa shape index (κ1) is 12.2. The second-order valence-corrected chi connectivity index (χ2v) is 4.74. The Morgan fingerprint density at radius 3 is 2.73 bits per heavy atom. The van der Waals surface area contributed by atoms with E-state index in [9.17, 15) is 8.42 Å². The largest absolute Gasteiger partial charge is 0.447 e. The van der Waals surface area contributed by atoms with Crippen molar-refractivity contribution in [2.75, 3.05) is 6.54 Å². The van der Waals surface area contributed by atoms with Crippen LogP contribution in [0.2, 0.25) is 0 Å². The number of nitrogens with two attached hydrogens (primary N) is 1. The van der Waals surface area contributed by atoms with Crippen LogP contribution in [0, 0.1) is 0 Å². The summed E-state index contributed by atoms with van der Waals surface area (Å²) in [5, 5.41) is 16.5. The van der Waals surface area contributed by atoms with Crippen LogP contribution in [0.3, 0.4) is 0 Å². The number of hydrogen-bond acceptors (Lipinski definition) is 5. The molecule has 6 nitrogen and oxygen atoms in total. The van der Waals surface area contributed by atoms with Gasteiger partial charge in [0.2, 0.25) is 5.09 Å². The molecular formula is C8H14N2O4S. The van der Waals surface area contributed by atoms with Crippen molar-refractivity contribution in [2.45, 2.75) is 24.7 Å². The first-order chi connectivity index (χ1) is 6.89. The van der Waals surface area contributed by atoms with Crippen LogP contribution in [0.4, 0.5) is 0 Å². The molecule has 0 aliphatic carbocycles. The highest BCUT2D eigenvalue weighted by molar-refractivity contribution is 7.89. The number of aliphatic hydroxyl groups is 1. The monoisotopic (exact) mass is 234 g/mol. The van der Waals surface area contributed by atoms with Gasteiger partial charge in [0.05, 0.1) is 12.6 Å². The van der Waals surface area contributed by atoms with Crippen LogP contribution in [0.1, 0.15) is 12.7 Å². The average Bonchev–Trinajstić information content (AvgIpc) is 2.51. The molecule has 0 fully saturated rings. The van der Waals surface area contributed by atoms with Crippen LogP contribution in [-0.4, -0.2) is 26.2 Å². The predicted octanol–water partition coefficient (Wildman–Crippen LogP) is -0.603. The van der Waals surface area contributed by atoms with E-state index < -0.39 is 16.1 Å². The van der Waals surface area contributed by atoms with E-state index in [1.807, 2.05) is 0 Å². The summed E-state index contributed by atoms with van der Waals surface area (Å²) in [6, 6.07) is 2.82. The molecule has 86 valence electrons. The molecule has 0 saturated carbocycles. The lowest BCUT2D eigenvalue weighted by Crippen LogP contribution is -2.23. The van der Waals surface area contributed by atoms with E-state index in [0.29, 0.717) is 18.8 Å². The van der Waals surface area contributed by atoms with E-state index in [0.717, 1.165) is 0 Å². The Kier molecular flexibility index (Phi) is 3.86. The minimum Gasteiger partial charge on any atom is -0.447 e. The highest BCUT2D eigenvalue weighted by atomic mass is 32.2. The number of furan rings is 1. The van der Waals surface area contributed by atoms with Crippen molar-refractivity contribution in [3.8, 4) is 0 Å². The molecule has 15 heavy (non-hydrogen) atoms. The van der Waals surface area contributed by atoms with Crippen molar-refractivity contribution in [1.82, 2.24) is 5.32 Å². The van der Waals surface area contributed by atoms with E-state index in [2.05, 4.69) is 5.32 Å². The normalized spacial score (nSPS) is 14.1. The summed E-state index contributed by atoms with van der Waals surface area (Å²) >= 11 is 0. The van der Waals surface area contributed by atoms with Gasteiger partial charge >= 0.3 is 0 Å². The quantitative estimate of drug-likeness (QED) is 0.630. The van der Waals surface area contributed by atoms with E-state index in [1.54, 1.807) is 6.92 Å². The molecular weight excluding hydrogens is 220 g/mol. The molecule has 1 rings (SSSR count). The maximum Gasteiger partial charge on any atom is 0.271 e. The van der Waals surface area contributed by atoms with Crippen molar-refractivity contribution < 1.29 is 17.9 Å². The van der Waals surface area contributed by atoms with Gasteiger partial charge in [-0.05, 0) is 19.1 Å². The SMILES string of the molecule is CC(O)CNCc1ccc(S(N)(=O)=O)o1. The maximum absolute atomic E-state index is 10.9. The molecule has 0 bridgehead atoms. The molecule has 0 aromatic carbocycles. The van der Waals surface area contributed by atoms with Crippen molar-refractivity contribution in [3.05, 3.63) is 17.9 Å². The van der Waals surface area contributed by atoms with Gasteiger partial charge in [-0.2, -0.15) is 0 Å². The summed E-state index contributed by atoms with van der Waals surface area (Å²) in [5.41, 5.74) is 0. The molecule has 0 spiro atoms. The summed E-state index contributed by atoms with van der Waals surface area (Å²) in [4.78, 5) is 0. The summed E-state index contributed by atoms with van der Waals surface area (Å²) in [6.45, 7) is 2.40. The summed E-state index contributed by atoms with van der Waals surface area (Å²) < 4.78 is 26.7. The van der Waals surface area contributed by atoms with E-state index in [4.69, 9.17) is 14.7 Å². The van der Waals surface area contributed by atoms with Crippen molar-refractivity contribution >= 4 is 10.0 Å². The highest BCUT2D eigenvalue weighted by Crippen LogP contribution is 2.11. The van der Waals surface area contributed by atoms with Gasteiger partial charge in [0.25, 0.3) is 10.0 Å². The lowest BCUT2D eigenvalue weighted by atomic mass is 10.4. The fourth-order valence-electron chi connectivity index (χ4n) is 1.01. The minimum absolute atomic E-state index is 0.253. The number of sulfonamides is 1. The summed E-state index contributed by atoms with van der Waals surface area (Å²) in [6.07, 6.45) is -0.460. The number of aliphatic hydroxyl groups excluding tert-OH is 1. The van der Waals surface area contributed by atoms with Gasteiger partial charge in [-0.15, -0.1) is 0 Å². The van der Waals surface area contributed by atoms with Gasteiger partial charge in [0, 0.05) is 6.54 Å². The maximum atomic E-state index is 10.9. The topological polar surface area (TPSA) is 106 Å².